The Balaban J connectivity index is 1.68. The van der Waals surface area contributed by atoms with E-state index in [4.69, 9.17) is 9.88 Å². The summed E-state index contributed by atoms with van der Waals surface area (Å²) >= 11 is 0. The summed E-state index contributed by atoms with van der Waals surface area (Å²) in [6.45, 7) is 6.65. The van der Waals surface area contributed by atoms with E-state index in [1.807, 2.05) is 13.0 Å². The number of hydrogen-bond donors (Lipinski definition) is 2. The zero-order chi connectivity index (χ0) is 25.2. The van der Waals surface area contributed by atoms with Gasteiger partial charge in [0.1, 0.15) is 6.04 Å². The lowest BCUT2D eigenvalue weighted by molar-refractivity contribution is -0.150. The highest BCUT2D eigenvalue weighted by molar-refractivity contribution is 7.89. The molecule has 0 spiro atoms. The fourth-order valence-corrected chi connectivity index (χ4v) is 4.57. The van der Waals surface area contributed by atoms with E-state index in [9.17, 15) is 22.8 Å². The molecule has 3 N–H and O–H groups in total. The molecule has 1 unspecified atom stereocenters. The molecule has 0 radical (unpaired) electrons. The molecule has 2 aromatic rings. The van der Waals surface area contributed by atoms with E-state index in [0.29, 0.717) is 23.2 Å². The Labute approximate surface area is 199 Å². The van der Waals surface area contributed by atoms with Gasteiger partial charge >= 0.3 is 5.97 Å². The Morgan fingerprint density at radius 1 is 1.18 bits per heavy atom. The van der Waals surface area contributed by atoms with Crippen molar-refractivity contribution in [2.75, 3.05) is 11.5 Å². The molecule has 0 aliphatic carbocycles. The predicted molar refractivity (Wildman–Crippen MR) is 127 cm³/mol. The van der Waals surface area contributed by atoms with E-state index in [0.717, 1.165) is 5.56 Å². The van der Waals surface area contributed by atoms with Gasteiger partial charge in [-0.15, -0.1) is 0 Å². The molecule has 10 heteroatoms. The number of benzene rings is 2. The molecule has 34 heavy (non-hydrogen) atoms. The number of carbonyl (C=O) groups is 3. The van der Waals surface area contributed by atoms with E-state index in [1.54, 1.807) is 39.0 Å². The van der Waals surface area contributed by atoms with E-state index >= 15 is 0 Å². The maximum atomic E-state index is 12.9. The van der Waals surface area contributed by atoms with Crippen LogP contribution in [0.5, 0.6) is 0 Å². The maximum Gasteiger partial charge on any atom is 0.329 e. The summed E-state index contributed by atoms with van der Waals surface area (Å²) in [5, 5.41) is 7.90. The number of esters is 1. The molecule has 1 aliphatic rings. The lowest BCUT2D eigenvalue weighted by Crippen LogP contribution is -2.47. The highest BCUT2D eigenvalue weighted by Gasteiger charge is 2.33. The number of rotatable bonds is 7. The van der Waals surface area contributed by atoms with Crippen LogP contribution in [0.4, 0.5) is 5.69 Å². The average molecular weight is 488 g/mol. The van der Waals surface area contributed by atoms with Crippen molar-refractivity contribution in [1.82, 2.24) is 5.32 Å². The van der Waals surface area contributed by atoms with Gasteiger partial charge in [0.15, 0.2) is 6.61 Å². The number of nitrogens with two attached hydrogens (primary N) is 1. The van der Waals surface area contributed by atoms with Crippen molar-refractivity contribution in [1.29, 1.82) is 0 Å². The summed E-state index contributed by atoms with van der Waals surface area (Å²) in [4.78, 5) is 39.8. The fourth-order valence-electron chi connectivity index (χ4n) is 4.00. The molecule has 1 heterocycles. The third kappa shape index (κ3) is 5.45. The number of fused-ring (bicyclic) bond motifs is 1. The van der Waals surface area contributed by atoms with Gasteiger partial charge in [0.25, 0.3) is 11.8 Å². The van der Waals surface area contributed by atoms with Crippen molar-refractivity contribution in [3.8, 4) is 0 Å². The van der Waals surface area contributed by atoms with Crippen molar-refractivity contribution in [2.45, 2.75) is 51.1 Å². The normalized spacial score (nSPS) is 16.2. The van der Waals surface area contributed by atoms with Crippen LogP contribution in [-0.4, -0.2) is 44.9 Å². The van der Waals surface area contributed by atoms with Crippen LogP contribution in [0, 0.1) is 12.8 Å². The van der Waals surface area contributed by atoms with E-state index in [-0.39, 0.29) is 16.9 Å². The van der Waals surface area contributed by atoms with Gasteiger partial charge in [0.2, 0.25) is 10.0 Å². The highest BCUT2D eigenvalue weighted by Crippen LogP contribution is 2.33. The van der Waals surface area contributed by atoms with Gasteiger partial charge in [-0.1, -0.05) is 32.0 Å². The summed E-state index contributed by atoms with van der Waals surface area (Å²) < 4.78 is 28.5. The van der Waals surface area contributed by atoms with Crippen molar-refractivity contribution < 1.29 is 27.5 Å². The Morgan fingerprint density at radius 3 is 2.47 bits per heavy atom. The minimum Gasteiger partial charge on any atom is -0.454 e. The van der Waals surface area contributed by atoms with Crippen LogP contribution in [0.3, 0.4) is 0 Å². The second-order valence-corrected chi connectivity index (χ2v) is 10.3. The first-order chi connectivity index (χ1) is 15.9. The lowest BCUT2D eigenvalue weighted by atomic mass is 10.0. The SMILES string of the molecule is Cc1ccccc1C(=O)N[C@H](C(=O)OCC(=O)N1c2ccc(S(N)(=O)=O)cc2CC1C)C(C)C. The standard InChI is InChI=1S/C24H29N3O6S/c1-14(2)22(26-23(29)19-8-6-5-7-15(19)3)24(30)33-13-21(28)27-16(4)11-17-12-18(34(25,31)32)9-10-20(17)27/h5-10,12,14,16,22H,11,13H2,1-4H3,(H,26,29)(H2,25,31,32)/t16?,22-/m0/s1. The van der Waals surface area contributed by atoms with Crippen LogP contribution in [0.25, 0.3) is 0 Å². The molecule has 2 amide bonds. The van der Waals surface area contributed by atoms with Gasteiger partial charge < -0.3 is 15.0 Å². The molecule has 0 fully saturated rings. The van der Waals surface area contributed by atoms with Crippen LogP contribution < -0.4 is 15.4 Å². The second kappa shape index (κ2) is 9.94. The molecule has 0 saturated carbocycles. The predicted octanol–water partition coefficient (Wildman–Crippen LogP) is 1.92. The largest absolute Gasteiger partial charge is 0.454 e. The number of amides is 2. The van der Waals surface area contributed by atoms with Gasteiger partial charge in [-0.2, -0.15) is 0 Å². The second-order valence-electron chi connectivity index (χ2n) is 8.77. The monoisotopic (exact) mass is 487 g/mol. The quantitative estimate of drug-likeness (QED) is 0.573. The zero-order valence-electron chi connectivity index (χ0n) is 19.6. The van der Waals surface area contributed by atoms with Gasteiger partial charge in [-0.25, -0.2) is 18.4 Å². The molecule has 2 aromatic carbocycles. The molecule has 0 aromatic heterocycles. The van der Waals surface area contributed by atoms with Gasteiger partial charge in [-0.05, 0) is 61.6 Å². The number of aryl methyl sites for hydroxylation is 1. The number of hydrogen-bond acceptors (Lipinski definition) is 6. The van der Waals surface area contributed by atoms with E-state index in [1.165, 1.54) is 23.1 Å². The van der Waals surface area contributed by atoms with Crippen molar-refractivity contribution in [3.05, 3.63) is 59.2 Å². The maximum absolute atomic E-state index is 12.9. The third-order valence-corrected chi connectivity index (χ3v) is 6.71. The van der Waals surface area contributed by atoms with E-state index < -0.39 is 40.5 Å². The molecule has 1 aliphatic heterocycles. The number of nitrogens with zero attached hydrogens (tertiary/aromatic N) is 1. The number of carbonyl (C=O) groups excluding carboxylic acids is 3. The summed E-state index contributed by atoms with van der Waals surface area (Å²) in [5.41, 5.74) is 2.45. The van der Waals surface area contributed by atoms with Crippen LogP contribution in [0.1, 0.15) is 42.3 Å². The van der Waals surface area contributed by atoms with Crippen LogP contribution >= 0.6 is 0 Å². The first-order valence-electron chi connectivity index (χ1n) is 10.9. The Morgan fingerprint density at radius 2 is 1.85 bits per heavy atom. The lowest BCUT2D eigenvalue weighted by Gasteiger charge is -2.24. The molecule has 3 rings (SSSR count). The van der Waals surface area contributed by atoms with Crippen LogP contribution in [0.15, 0.2) is 47.4 Å². The first-order valence-corrected chi connectivity index (χ1v) is 12.5. The molecule has 2 atom stereocenters. The summed E-state index contributed by atoms with van der Waals surface area (Å²) in [6.07, 6.45) is 0.444. The summed E-state index contributed by atoms with van der Waals surface area (Å²) in [5.74, 6) is -1.82. The number of sulfonamides is 1. The number of ether oxygens (including phenoxy) is 1. The summed E-state index contributed by atoms with van der Waals surface area (Å²) in [7, 11) is -3.86. The molecular weight excluding hydrogens is 458 g/mol. The average Bonchev–Trinajstić information content (AvgIpc) is 3.09. The highest BCUT2D eigenvalue weighted by atomic mass is 32.2. The van der Waals surface area contributed by atoms with Gasteiger partial charge in [-0.3, -0.25) is 9.59 Å². The van der Waals surface area contributed by atoms with Crippen LogP contribution in [0.2, 0.25) is 0 Å². The van der Waals surface area contributed by atoms with E-state index in [2.05, 4.69) is 5.32 Å². The first kappa shape index (κ1) is 25.4. The topological polar surface area (TPSA) is 136 Å². The number of primary sulfonamides is 1. The zero-order valence-corrected chi connectivity index (χ0v) is 20.4. The Hall–Kier alpha value is -3.24. The Bertz CT molecular complexity index is 1220. The summed E-state index contributed by atoms with van der Waals surface area (Å²) in [6, 6.07) is 10.2. The molecule has 0 saturated heterocycles. The van der Waals surface area contributed by atoms with Crippen molar-refractivity contribution in [2.24, 2.45) is 11.1 Å². The minimum atomic E-state index is -3.86. The minimum absolute atomic E-state index is 0.0247. The smallest absolute Gasteiger partial charge is 0.329 e. The molecule has 9 nitrogen and oxygen atoms in total. The fraction of sp³-hybridized carbons (Fsp3) is 0.375. The number of nitrogens with one attached hydrogen (secondary N) is 1. The third-order valence-electron chi connectivity index (χ3n) is 5.80. The van der Waals surface area contributed by atoms with Gasteiger partial charge in [0.05, 0.1) is 4.90 Å². The number of anilines is 1. The van der Waals surface area contributed by atoms with Crippen molar-refractivity contribution in [3.63, 3.8) is 0 Å². The van der Waals surface area contributed by atoms with Crippen LogP contribution in [-0.2, 0) is 30.8 Å². The molecule has 0 bridgehead atoms. The molecular formula is C24H29N3O6S. The Kier molecular flexibility index (Phi) is 7.42. The van der Waals surface area contributed by atoms with Crippen molar-refractivity contribution >= 4 is 33.5 Å². The molecule has 182 valence electrons. The van der Waals surface area contributed by atoms with Gasteiger partial charge in [0, 0.05) is 17.3 Å².